The Kier molecular flexibility index (Phi) is 6.64. The quantitative estimate of drug-likeness (QED) is 0.559. The molecule has 3 atom stereocenters. The molecule has 0 unspecified atom stereocenters. The lowest BCUT2D eigenvalue weighted by atomic mass is 9.90. The molecule has 78 valence electrons. The van der Waals surface area contributed by atoms with Crippen molar-refractivity contribution in [2.24, 2.45) is 11.8 Å². The molecule has 0 spiro atoms. The molecule has 0 aliphatic carbocycles. The SMILES string of the molecule is C=C(CBr)[C@@H](O)[C@@H](C)C[C@@H](C)CO. The Morgan fingerprint density at radius 2 is 2.00 bits per heavy atom. The molecule has 0 saturated carbocycles. The molecule has 2 nitrogen and oxygen atoms in total. The maximum Gasteiger partial charge on any atom is 0.0781 e. The summed E-state index contributed by atoms with van der Waals surface area (Å²) in [5, 5.41) is 19.2. The third-order valence-corrected chi connectivity index (χ3v) is 2.93. The van der Waals surface area contributed by atoms with Crippen molar-refractivity contribution in [1.82, 2.24) is 0 Å². The topological polar surface area (TPSA) is 40.5 Å². The largest absolute Gasteiger partial charge is 0.396 e. The van der Waals surface area contributed by atoms with Gasteiger partial charge in [0.2, 0.25) is 0 Å². The van der Waals surface area contributed by atoms with E-state index in [2.05, 4.69) is 22.5 Å². The first kappa shape index (κ1) is 13.1. The lowest BCUT2D eigenvalue weighted by molar-refractivity contribution is 0.122. The number of aliphatic hydroxyl groups is 2. The Morgan fingerprint density at radius 3 is 2.38 bits per heavy atom. The van der Waals surface area contributed by atoms with Crippen LogP contribution >= 0.6 is 15.9 Å². The van der Waals surface area contributed by atoms with Crippen molar-refractivity contribution in [1.29, 1.82) is 0 Å². The molecule has 0 aliphatic rings. The summed E-state index contributed by atoms with van der Waals surface area (Å²) in [5.41, 5.74) is 0.803. The molecule has 0 bridgehead atoms. The Balaban J connectivity index is 3.95. The van der Waals surface area contributed by atoms with Crippen LogP contribution in [0.5, 0.6) is 0 Å². The number of aliphatic hydroxyl groups excluding tert-OH is 2. The zero-order valence-corrected chi connectivity index (χ0v) is 9.92. The number of rotatable bonds is 6. The van der Waals surface area contributed by atoms with E-state index in [0.29, 0.717) is 5.33 Å². The molecular weight excluding hydrogens is 232 g/mol. The molecular formula is C10H19BrO2. The molecule has 13 heavy (non-hydrogen) atoms. The summed E-state index contributed by atoms with van der Waals surface area (Å²) in [6.07, 6.45) is 0.359. The van der Waals surface area contributed by atoms with Gasteiger partial charge >= 0.3 is 0 Å². The first-order valence-electron chi connectivity index (χ1n) is 4.55. The Labute approximate surface area is 88.8 Å². The van der Waals surface area contributed by atoms with Crippen LogP contribution in [-0.4, -0.2) is 28.3 Å². The van der Waals surface area contributed by atoms with Crippen molar-refractivity contribution in [3.05, 3.63) is 12.2 Å². The second-order valence-electron chi connectivity index (χ2n) is 3.74. The van der Waals surface area contributed by atoms with Crippen molar-refractivity contribution in [3.8, 4) is 0 Å². The van der Waals surface area contributed by atoms with E-state index < -0.39 is 6.10 Å². The van der Waals surface area contributed by atoms with Gasteiger partial charge in [-0.15, -0.1) is 0 Å². The lowest BCUT2D eigenvalue weighted by Crippen LogP contribution is -2.23. The predicted octanol–water partition coefficient (Wildman–Crippen LogP) is 1.95. The maximum absolute atomic E-state index is 9.72. The van der Waals surface area contributed by atoms with E-state index in [9.17, 15) is 5.11 Å². The van der Waals surface area contributed by atoms with Gasteiger partial charge in [-0.1, -0.05) is 36.4 Å². The molecule has 0 saturated heterocycles. The third-order valence-electron chi connectivity index (χ3n) is 2.21. The summed E-state index contributed by atoms with van der Waals surface area (Å²) in [6, 6.07) is 0. The Morgan fingerprint density at radius 1 is 1.46 bits per heavy atom. The van der Waals surface area contributed by atoms with E-state index >= 15 is 0 Å². The van der Waals surface area contributed by atoms with Crippen LogP contribution < -0.4 is 0 Å². The van der Waals surface area contributed by atoms with Crippen LogP contribution in [0.25, 0.3) is 0 Å². The first-order valence-corrected chi connectivity index (χ1v) is 5.67. The zero-order chi connectivity index (χ0) is 10.4. The molecule has 0 rings (SSSR count). The lowest BCUT2D eigenvalue weighted by Gasteiger charge is -2.22. The highest BCUT2D eigenvalue weighted by Crippen LogP contribution is 2.20. The van der Waals surface area contributed by atoms with E-state index in [0.717, 1.165) is 12.0 Å². The molecule has 2 N–H and O–H groups in total. The maximum atomic E-state index is 9.72. The van der Waals surface area contributed by atoms with Gasteiger partial charge in [0.05, 0.1) is 6.10 Å². The van der Waals surface area contributed by atoms with Gasteiger partial charge in [0.1, 0.15) is 0 Å². The number of hydrogen-bond acceptors (Lipinski definition) is 2. The molecule has 0 aliphatic heterocycles. The smallest absolute Gasteiger partial charge is 0.0781 e. The van der Waals surface area contributed by atoms with E-state index in [-0.39, 0.29) is 18.4 Å². The molecule has 0 aromatic carbocycles. The van der Waals surface area contributed by atoms with Gasteiger partial charge in [-0.2, -0.15) is 0 Å². The molecule has 0 aromatic rings. The molecule has 0 radical (unpaired) electrons. The highest BCUT2D eigenvalue weighted by atomic mass is 79.9. The van der Waals surface area contributed by atoms with Gasteiger partial charge < -0.3 is 10.2 Å². The molecule has 0 heterocycles. The summed E-state index contributed by atoms with van der Waals surface area (Å²) >= 11 is 3.26. The third kappa shape index (κ3) is 4.79. The van der Waals surface area contributed by atoms with Crippen LogP contribution in [0.2, 0.25) is 0 Å². The van der Waals surface area contributed by atoms with Gasteiger partial charge in [-0.25, -0.2) is 0 Å². The van der Waals surface area contributed by atoms with Crippen LogP contribution in [-0.2, 0) is 0 Å². The van der Waals surface area contributed by atoms with Gasteiger partial charge in [0.15, 0.2) is 0 Å². The van der Waals surface area contributed by atoms with E-state index in [1.54, 1.807) is 0 Å². The minimum Gasteiger partial charge on any atom is -0.396 e. The van der Waals surface area contributed by atoms with Crippen molar-refractivity contribution >= 4 is 15.9 Å². The standard InChI is InChI=1S/C10H19BrO2/c1-7(6-12)4-8(2)10(13)9(3)5-11/h7-8,10,12-13H,3-6H2,1-2H3/t7-,8+,10+/m1/s1. The molecule has 0 amide bonds. The molecule has 0 fully saturated rings. The van der Waals surface area contributed by atoms with E-state index in [4.69, 9.17) is 5.11 Å². The number of halogens is 1. The van der Waals surface area contributed by atoms with Crippen molar-refractivity contribution in [2.75, 3.05) is 11.9 Å². The highest BCUT2D eigenvalue weighted by Gasteiger charge is 2.18. The fraction of sp³-hybridized carbons (Fsp3) is 0.800. The summed E-state index contributed by atoms with van der Waals surface area (Å²) in [7, 11) is 0. The average molecular weight is 251 g/mol. The van der Waals surface area contributed by atoms with Crippen LogP contribution in [0.1, 0.15) is 20.3 Å². The summed E-state index contributed by atoms with van der Waals surface area (Å²) < 4.78 is 0. The summed E-state index contributed by atoms with van der Waals surface area (Å²) in [6.45, 7) is 7.90. The van der Waals surface area contributed by atoms with Crippen molar-refractivity contribution in [3.63, 3.8) is 0 Å². The normalized spacial score (nSPS) is 17.9. The molecule has 0 aromatic heterocycles. The zero-order valence-electron chi connectivity index (χ0n) is 8.33. The van der Waals surface area contributed by atoms with Crippen LogP contribution in [0.4, 0.5) is 0 Å². The number of hydrogen-bond donors (Lipinski definition) is 2. The van der Waals surface area contributed by atoms with E-state index in [1.807, 2.05) is 13.8 Å². The minimum absolute atomic E-state index is 0.159. The second kappa shape index (κ2) is 6.57. The van der Waals surface area contributed by atoms with Crippen LogP contribution in [0, 0.1) is 11.8 Å². The number of alkyl halides is 1. The summed E-state index contributed by atoms with van der Waals surface area (Å²) in [5.74, 6) is 0.403. The Bertz CT molecular complexity index is 159. The summed E-state index contributed by atoms with van der Waals surface area (Å²) in [4.78, 5) is 0. The second-order valence-corrected chi connectivity index (χ2v) is 4.30. The Hall–Kier alpha value is 0.140. The predicted molar refractivity (Wildman–Crippen MR) is 59.0 cm³/mol. The van der Waals surface area contributed by atoms with Crippen molar-refractivity contribution < 1.29 is 10.2 Å². The van der Waals surface area contributed by atoms with Gasteiger partial charge in [0, 0.05) is 11.9 Å². The minimum atomic E-state index is -0.464. The fourth-order valence-electron chi connectivity index (χ4n) is 1.32. The van der Waals surface area contributed by atoms with Crippen molar-refractivity contribution in [2.45, 2.75) is 26.4 Å². The van der Waals surface area contributed by atoms with Gasteiger partial charge in [-0.05, 0) is 23.8 Å². The van der Waals surface area contributed by atoms with Crippen LogP contribution in [0.15, 0.2) is 12.2 Å². The molecule has 3 heteroatoms. The fourth-order valence-corrected chi connectivity index (χ4v) is 1.65. The van der Waals surface area contributed by atoms with Crippen LogP contribution in [0.3, 0.4) is 0 Å². The highest BCUT2D eigenvalue weighted by molar-refractivity contribution is 9.09. The van der Waals surface area contributed by atoms with Gasteiger partial charge in [-0.3, -0.25) is 0 Å². The first-order chi connectivity index (χ1) is 6.02. The monoisotopic (exact) mass is 250 g/mol. The average Bonchev–Trinajstić information content (AvgIpc) is 2.14. The van der Waals surface area contributed by atoms with Gasteiger partial charge in [0.25, 0.3) is 0 Å². The van der Waals surface area contributed by atoms with E-state index in [1.165, 1.54) is 0 Å².